The third kappa shape index (κ3) is 10.8. The molecule has 1 heterocycles. The molecule has 0 aliphatic carbocycles. The van der Waals surface area contributed by atoms with E-state index >= 15 is 0 Å². The van der Waals surface area contributed by atoms with Gasteiger partial charge in [0.15, 0.2) is 11.6 Å². The zero-order valence-electron chi connectivity index (χ0n) is 17.7. The van der Waals surface area contributed by atoms with Crippen LogP contribution in [-0.2, 0) is 0 Å². The lowest BCUT2D eigenvalue weighted by atomic mass is 9.98. The molecule has 0 aliphatic rings. The maximum atomic E-state index is 12.5. The average Bonchev–Trinajstić information content (AvgIpc) is 3.16. The molecule has 0 saturated heterocycles. The van der Waals surface area contributed by atoms with Crippen LogP contribution in [0, 0.1) is 0 Å². The quantitative estimate of drug-likeness (QED) is 0.186. The second-order valence-electron chi connectivity index (χ2n) is 7.79. The summed E-state index contributed by atoms with van der Waals surface area (Å²) in [5.74, 6) is 0.320. The summed E-state index contributed by atoms with van der Waals surface area (Å²) in [5, 5.41) is 3.75. The maximum absolute atomic E-state index is 12.5. The molecule has 0 amide bonds. The first-order valence-electron chi connectivity index (χ1n) is 11.3. The Hall–Kier alpha value is -0.960. The van der Waals surface area contributed by atoms with Crippen molar-refractivity contribution in [3.63, 3.8) is 0 Å². The average molecular weight is 393 g/mol. The van der Waals surface area contributed by atoms with Crippen molar-refractivity contribution in [1.29, 1.82) is 0 Å². The zero-order chi connectivity index (χ0) is 19.7. The van der Waals surface area contributed by atoms with Gasteiger partial charge in [0.25, 0.3) is 0 Å². The summed E-state index contributed by atoms with van der Waals surface area (Å²) in [6.45, 7) is 4.46. The van der Waals surface area contributed by atoms with Crippen LogP contribution in [0.15, 0.2) is 10.8 Å². The molecular weight excluding hydrogens is 352 g/mol. The first-order valence-corrected chi connectivity index (χ1v) is 12.3. The fraction of sp³-hybridized carbons (Fsp3) is 0.750. The highest BCUT2D eigenvalue weighted by Gasteiger charge is 2.17. The van der Waals surface area contributed by atoms with Crippen molar-refractivity contribution in [2.45, 2.75) is 117 Å². The number of rotatable bonds is 18. The Kier molecular flexibility index (Phi) is 14.3. The largest absolute Gasteiger partial charge is 0.294 e. The smallest absolute Gasteiger partial charge is 0.164 e. The lowest BCUT2D eigenvalue weighted by molar-refractivity contribution is 0.0947. The number of hydrogen-bond acceptors (Lipinski definition) is 3. The molecule has 0 aliphatic heterocycles. The first-order chi connectivity index (χ1) is 13.2. The molecule has 2 nitrogen and oxygen atoms in total. The molecule has 0 N–H and O–H groups in total. The van der Waals surface area contributed by atoms with Crippen LogP contribution >= 0.6 is 11.3 Å². The van der Waals surface area contributed by atoms with Crippen LogP contribution in [0.4, 0.5) is 0 Å². The molecule has 3 heteroatoms. The predicted octanol–water partition coefficient (Wildman–Crippen LogP) is 8.39. The molecule has 0 spiro atoms. The molecule has 0 atom stereocenters. The molecule has 0 unspecified atom stereocenters. The van der Waals surface area contributed by atoms with Crippen LogP contribution in [0.5, 0.6) is 0 Å². The first kappa shape index (κ1) is 24.1. The molecule has 0 fully saturated rings. The fourth-order valence-electron chi connectivity index (χ4n) is 3.48. The Morgan fingerprint density at radius 1 is 0.593 bits per heavy atom. The monoisotopic (exact) mass is 392 g/mol. The van der Waals surface area contributed by atoms with Gasteiger partial charge in [0, 0.05) is 34.7 Å². The number of thiophene rings is 1. The molecule has 1 rings (SSSR count). The molecule has 0 radical (unpaired) electrons. The van der Waals surface area contributed by atoms with E-state index in [1.54, 1.807) is 0 Å². The van der Waals surface area contributed by atoms with Crippen LogP contribution in [0.3, 0.4) is 0 Å². The van der Waals surface area contributed by atoms with Crippen molar-refractivity contribution in [3.8, 4) is 0 Å². The molecule has 154 valence electrons. The predicted molar refractivity (Wildman–Crippen MR) is 118 cm³/mol. The van der Waals surface area contributed by atoms with E-state index in [-0.39, 0.29) is 11.6 Å². The van der Waals surface area contributed by atoms with E-state index in [0.717, 1.165) is 25.7 Å². The SMILES string of the molecule is CCCCCCCCCC(=O)c1cscc1C(=O)CCCCCCCCC. The Bertz CT molecular complexity index is 474. The van der Waals surface area contributed by atoms with E-state index in [1.165, 1.54) is 75.5 Å². The number of ketones is 2. The second kappa shape index (κ2) is 16.0. The van der Waals surface area contributed by atoms with Crippen molar-refractivity contribution >= 4 is 22.9 Å². The summed E-state index contributed by atoms with van der Waals surface area (Å²) >= 11 is 1.49. The van der Waals surface area contributed by atoms with E-state index in [1.807, 2.05) is 10.8 Å². The summed E-state index contributed by atoms with van der Waals surface area (Å²) in [6.07, 6.45) is 18.1. The van der Waals surface area contributed by atoms with E-state index in [0.29, 0.717) is 24.0 Å². The summed E-state index contributed by atoms with van der Waals surface area (Å²) < 4.78 is 0. The van der Waals surface area contributed by atoms with Crippen LogP contribution in [0.25, 0.3) is 0 Å². The minimum atomic E-state index is 0.160. The highest BCUT2D eigenvalue weighted by Crippen LogP contribution is 2.21. The van der Waals surface area contributed by atoms with Gasteiger partial charge in [-0.1, -0.05) is 90.9 Å². The minimum Gasteiger partial charge on any atom is -0.294 e. The number of carbonyl (C=O) groups excluding carboxylic acids is 2. The molecular formula is C24H40O2S. The number of carbonyl (C=O) groups is 2. The van der Waals surface area contributed by atoms with E-state index in [2.05, 4.69) is 13.8 Å². The highest BCUT2D eigenvalue weighted by molar-refractivity contribution is 7.08. The van der Waals surface area contributed by atoms with E-state index in [4.69, 9.17) is 0 Å². The van der Waals surface area contributed by atoms with Gasteiger partial charge in [0.1, 0.15) is 0 Å². The topological polar surface area (TPSA) is 34.1 Å². The molecule has 27 heavy (non-hydrogen) atoms. The van der Waals surface area contributed by atoms with Crippen LogP contribution in [0.2, 0.25) is 0 Å². The van der Waals surface area contributed by atoms with Crippen molar-refractivity contribution in [1.82, 2.24) is 0 Å². The molecule has 1 aromatic heterocycles. The Labute approximate surface area is 171 Å². The number of hydrogen-bond donors (Lipinski definition) is 0. The number of Topliss-reactive ketones (excluding diaryl/α,β-unsaturated/α-hetero) is 2. The second-order valence-corrected chi connectivity index (χ2v) is 8.53. The van der Waals surface area contributed by atoms with Crippen molar-refractivity contribution in [2.24, 2.45) is 0 Å². The zero-order valence-corrected chi connectivity index (χ0v) is 18.5. The van der Waals surface area contributed by atoms with Crippen LogP contribution in [-0.4, -0.2) is 11.6 Å². The van der Waals surface area contributed by atoms with Gasteiger partial charge in [0.05, 0.1) is 0 Å². The molecule has 0 bridgehead atoms. The summed E-state index contributed by atoms with van der Waals surface area (Å²) in [7, 11) is 0. The van der Waals surface area contributed by atoms with Gasteiger partial charge >= 0.3 is 0 Å². The van der Waals surface area contributed by atoms with Crippen molar-refractivity contribution < 1.29 is 9.59 Å². The fourth-order valence-corrected chi connectivity index (χ4v) is 4.34. The van der Waals surface area contributed by atoms with E-state index < -0.39 is 0 Å². The summed E-state index contributed by atoms with van der Waals surface area (Å²) in [5.41, 5.74) is 1.36. The van der Waals surface area contributed by atoms with Crippen molar-refractivity contribution in [3.05, 3.63) is 21.9 Å². The normalized spacial score (nSPS) is 11.0. The van der Waals surface area contributed by atoms with Crippen LogP contribution < -0.4 is 0 Å². The number of unbranched alkanes of at least 4 members (excludes halogenated alkanes) is 12. The van der Waals surface area contributed by atoms with Crippen molar-refractivity contribution in [2.75, 3.05) is 0 Å². The Morgan fingerprint density at radius 3 is 1.30 bits per heavy atom. The van der Waals surface area contributed by atoms with Crippen LogP contribution in [0.1, 0.15) is 137 Å². The van der Waals surface area contributed by atoms with Gasteiger partial charge in [-0.15, -0.1) is 0 Å². The van der Waals surface area contributed by atoms with Gasteiger partial charge in [-0.05, 0) is 12.8 Å². The molecule has 0 aromatic carbocycles. The lowest BCUT2D eigenvalue weighted by Crippen LogP contribution is -2.06. The maximum Gasteiger partial charge on any atom is 0.164 e. The lowest BCUT2D eigenvalue weighted by Gasteiger charge is -2.05. The molecule has 0 saturated carbocycles. The van der Waals surface area contributed by atoms with Gasteiger partial charge in [-0.25, -0.2) is 0 Å². The standard InChI is InChI=1S/C24H40O2S/c1-3-5-7-9-11-13-15-17-23(25)21-19-27-20-22(21)24(26)18-16-14-12-10-8-6-4-2/h19-20H,3-18H2,1-2H3. The summed E-state index contributed by atoms with van der Waals surface area (Å²) in [6, 6.07) is 0. The van der Waals surface area contributed by atoms with Gasteiger partial charge < -0.3 is 0 Å². The molecule has 1 aromatic rings. The minimum absolute atomic E-state index is 0.160. The Morgan fingerprint density at radius 2 is 0.926 bits per heavy atom. The van der Waals surface area contributed by atoms with Gasteiger partial charge in [0.2, 0.25) is 0 Å². The summed E-state index contributed by atoms with van der Waals surface area (Å²) in [4.78, 5) is 25.0. The third-order valence-corrected chi connectivity index (χ3v) is 6.02. The third-order valence-electron chi connectivity index (χ3n) is 5.28. The highest BCUT2D eigenvalue weighted by atomic mass is 32.1. The van der Waals surface area contributed by atoms with E-state index in [9.17, 15) is 9.59 Å². The van der Waals surface area contributed by atoms with Gasteiger partial charge in [-0.2, -0.15) is 11.3 Å². The van der Waals surface area contributed by atoms with Gasteiger partial charge in [-0.3, -0.25) is 9.59 Å². The Balaban J connectivity index is 2.25.